The molecule has 0 saturated carbocycles. The molecule has 1 aliphatic heterocycles. The van der Waals surface area contributed by atoms with Crippen LogP contribution in [0.1, 0.15) is 47.9 Å². The lowest BCUT2D eigenvalue weighted by Crippen LogP contribution is -2.46. The molecule has 2 aliphatic rings. The van der Waals surface area contributed by atoms with Crippen LogP contribution in [0.2, 0.25) is 0 Å². The number of pyridine rings is 1. The van der Waals surface area contributed by atoms with Crippen molar-refractivity contribution in [3.05, 3.63) is 89.3 Å². The van der Waals surface area contributed by atoms with Crippen LogP contribution in [0.5, 0.6) is 0 Å². The Hall–Kier alpha value is -3.87. The molecular formula is C28H32N4O3. The molecule has 7 nitrogen and oxygen atoms in total. The first-order chi connectivity index (χ1) is 16.7. The van der Waals surface area contributed by atoms with E-state index in [4.69, 9.17) is 5.11 Å². The van der Waals surface area contributed by atoms with Gasteiger partial charge in [0.25, 0.3) is 5.91 Å². The Kier molecular flexibility index (Phi) is 7.05. The van der Waals surface area contributed by atoms with E-state index in [1.807, 2.05) is 36.4 Å². The quantitative estimate of drug-likeness (QED) is 0.659. The summed E-state index contributed by atoms with van der Waals surface area (Å²) in [5.74, 6) is -0.248. The van der Waals surface area contributed by atoms with Crippen LogP contribution >= 0.6 is 0 Å². The normalized spacial score (nSPS) is 16.3. The van der Waals surface area contributed by atoms with Crippen molar-refractivity contribution < 1.29 is 14.7 Å². The third-order valence-electron chi connectivity index (χ3n) is 6.43. The molecule has 1 aromatic heterocycles. The average Bonchev–Trinajstić information content (AvgIpc) is 3.10. The molecule has 182 valence electrons. The summed E-state index contributed by atoms with van der Waals surface area (Å²) in [4.78, 5) is 32.8. The monoisotopic (exact) mass is 472 g/mol. The molecule has 1 saturated heterocycles. The third-order valence-corrected chi connectivity index (χ3v) is 6.43. The lowest BCUT2D eigenvalue weighted by atomic mass is 9.84. The van der Waals surface area contributed by atoms with E-state index in [0.29, 0.717) is 11.1 Å². The van der Waals surface area contributed by atoms with Gasteiger partial charge in [-0.25, -0.2) is 9.78 Å². The summed E-state index contributed by atoms with van der Waals surface area (Å²) in [6, 6.07) is 10.7. The summed E-state index contributed by atoms with van der Waals surface area (Å²) >= 11 is 0. The summed E-state index contributed by atoms with van der Waals surface area (Å²) in [5, 5.41) is 12.1. The zero-order valence-electron chi connectivity index (χ0n) is 20.5. The zero-order valence-corrected chi connectivity index (χ0v) is 20.5. The van der Waals surface area contributed by atoms with Gasteiger partial charge in [-0.1, -0.05) is 44.6 Å². The minimum atomic E-state index is -0.918. The number of hydrogen-bond donors (Lipinski definition) is 2. The Balaban J connectivity index is 1.32. The van der Waals surface area contributed by atoms with E-state index in [-0.39, 0.29) is 11.3 Å². The largest absolute Gasteiger partial charge is 0.478 e. The second-order valence-corrected chi connectivity index (χ2v) is 9.85. The van der Waals surface area contributed by atoms with Crippen molar-refractivity contribution >= 4 is 23.4 Å². The first-order valence-corrected chi connectivity index (χ1v) is 11.9. The van der Waals surface area contributed by atoms with Gasteiger partial charge in [0.1, 0.15) is 5.82 Å². The fourth-order valence-corrected chi connectivity index (χ4v) is 4.19. The Morgan fingerprint density at radius 2 is 1.60 bits per heavy atom. The van der Waals surface area contributed by atoms with Crippen molar-refractivity contribution in [3.8, 4) is 0 Å². The van der Waals surface area contributed by atoms with Crippen molar-refractivity contribution in [2.45, 2.75) is 27.2 Å². The number of aromatic nitrogens is 1. The summed E-state index contributed by atoms with van der Waals surface area (Å²) in [6.45, 7) is 9.77. The van der Waals surface area contributed by atoms with E-state index in [0.717, 1.165) is 49.8 Å². The van der Waals surface area contributed by atoms with Crippen LogP contribution in [0.15, 0.2) is 78.2 Å². The second kappa shape index (κ2) is 10.2. The highest BCUT2D eigenvalue weighted by Gasteiger charge is 2.20. The fraction of sp³-hybridized carbons (Fsp3) is 0.321. The van der Waals surface area contributed by atoms with E-state index < -0.39 is 5.97 Å². The third kappa shape index (κ3) is 5.98. The average molecular weight is 473 g/mol. The predicted molar refractivity (Wildman–Crippen MR) is 139 cm³/mol. The standard InChI is InChI=1S/C28H32N4O3/c1-28(2,3)22-5-4-6-23(11-10-22)30-26(33)21-9-14-25(29-19-21)32-17-15-31(16-18-32)24-12-7-20(8-13-24)27(34)35/h4-9,11-14,19H,10,15-18H2,1-3H3,(H,30,33)(H,34,35). The van der Waals surface area contributed by atoms with Crippen molar-refractivity contribution in [1.82, 2.24) is 10.3 Å². The van der Waals surface area contributed by atoms with Gasteiger partial charge >= 0.3 is 5.97 Å². The number of hydrogen-bond acceptors (Lipinski definition) is 5. The van der Waals surface area contributed by atoms with Crippen LogP contribution < -0.4 is 15.1 Å². The number of allylic oxidation sites excluding steroid dienone is 5. The number of benzene rings is 1. The zero-order chi connectivity index (χ0) is 25.0. The fourth-order valence-electron chi connectivity index (χ4n) is 4.19. The van der Waals surface area contributed by atoms with Gasteiger partial charge in [-0.05, 0) is 54.3 Å². The van der Waals surface area contributed by atoms with Gasteiger partial charge in [-0.3, -0.25) is 4.79 Å². The van der Waals surface area contributed by atoms with Crippen molar-refractivity contribution in [2.24, 2.45) is 5.41 Å². The molecule has 0 spiro atoms. The van der Waals surface area contributed by atoms with Crippen molar-refractivity contribution in [1.29, 1.82) is 0 Å². The molecule has 0 unspecified atom stereocenters. The van der Waals surface area contributed by atoms with E-state index in [1.54, 1.807) is 18.3 Å². The van der Waals surface area contributed by atoms with E-state index in [2.05, 4.69) is 53.0 Å². The molecule has 1 fully saturated rings. The SMILES string of the molecule is CC(C)(C)C1=CC=CC(NC(=O)c2ccc(N3CCN(c4ccc(C(=O)O)cc4)CC3)nc2)=CC1. The maximum absolute atomic E-state index is 12.8. The molecule has 2 aromatic rings. The van der Waals surface area contributed by atoms with Gasteiger partial charge in [-0.2, -0.15) is 0 Å². The van der Waals surface area contributed by atoms with Gasteiger partial charge < -0.3 is 20.2 Å². The molecule has 1 aliphatic carbocycles. The van der Waals surface area contributed by atoms with Gasteiger partial charge in [-0.15, -0.1) is 0 Å². The van der Waals surface area contributed by atoms with Crippen molar-refractivity contribution in [3.63, 3.8) is 0 Å². The number of anilines is 2. The molecular weight excluding hydrogens is 440 g/mol. The molecule has 7 heteroatoms. The number of carbonyl (C=O) groups is 2. The summed E-state index contributed by atoms with van der Waals surface area (Å²) in [6.07, 6.45) is 10.5. The number of carboxylic acids is 1. The smallest absolute Gasteiger partial charge is 0.335 e. The highest BCUT2D eigenvalue weighted by atomic mass is 16.4. The summed E-state index contributed by atoms with van der Waals surface area (Å²) in [7, 11) is 0. The molecule has 1 amide bonds. The van der Waals surface area contributed by atoms with Crippen LogP contribution in [0, 0.1) is 5.41 Å². The predicted octanol–water partition coefficient (Wildman–Crippen LogP) is 4.65. The van der Waals surface area contributed by atoms with Crippen LogP contribution in [0.25, 0.3) is 0 Å². The lowest BCUT2D eigenvalue weighted by molar-refractivity contribution is 0.0696. The topological polar surface area (TPSA) is 85.8 Å². The minimum Gasteiger partial charge on any atom is -0.478 e. The second-order valence-electron chi connectivity index (χ2n) is 9.85. The Morgan fingerprint density at radius 3 is 2.20 bits per heavy atom. The Labute approximate surface area is 206 Å². The highest BCUT2D eigenvalue weighted by Crippen LogP contribution is 2.29. The van der Waals surface area contributed by atoms with Crippen LogP contribution in [-0.2, 0) is 0 Å². The van der Waals surface area contributed by atoms with Gasteiger partial charge in [0, 0.05) is 43.8 Å². The maximum Gasteiger partial charge on any atom is 0.335 e. The Bertz CT molecular complexity index is 1160. The molecule has 2 heterocycles. The molecule has 4 rings (SSSR count). The van der Waals surface area contributed by atoms with E-state index in [9.17, 15) is 9.59 Å². The minimum absolute atomic E-state index is 0.0938. The number of amides is 1. The van der Waals surface area contributed by atoms with Crippen LogP contribution in [-0.4, -0.2) is 48.1 Å². The number of nitrogens with one attached hydrogen (secondary N) is 1. The van der Waals surface area contributed by atoms with Gasteiger partial charge in [0.15, 0.2) is 0 Å². The number of rotatable bonds is 5. The van der Waals surface area contributed by atoms with Gasteiger partial charge in [0.05, 0.1) is 11.1 Å². The number of carbonyl (C=O) groups excluding carboxylic acids is 1. The Morgan fingerprint density at radius 1 is 0.943 bits per heavy atom. The molecule has 1 aromatic carbocycles. The number of nitrogens with zero attached hydrogens (tertiary/aromatic N) is 3. The summed E-state index contributed by atoms with van der Waals surface area (Å²) < 4.78 is 0. The molecule has 2 N–H and O–H groups in total. The van der Waals surface area contributed by atoms with Crippen molar-refractivity contribution in [2.75, 3.05) is 36.0 Å². The van der Waals surface area contributed by atoms with E-state index >= 15 is 0 Å². The number of aromatic carboxylic acids is 1. The van der Waals surface area contributed by atoms with Gasteiger partial charge in [0.2, 0.25) is 0 Å². The molecule has 0 atom stereocenters. The molecule has 35 heavy (non-hydrogen) atoms. The number of piperazine rings is 1. The first-order valence-electron chi connectivity index (χ1n) is 11.9. The number of carboxylic acid groups (broad SMARTS) is 1. The first kappa shape index (κ1) is 24.3. The maximum atomic E-state index is 12.8. The van der Waals surface area contributed by atoms with Crippen LogP contribution in [0.3, 0.4) is 0 Å². The molecule has 0 radical (unpaired) electrons. The van der Waals surface area contributed by atoms with Crippen LogP contribution in [0.4, 0.5) is 11.5 Å². The highest BCUT2D eigenvalue weighted by molar-refractivity contribution is 5.95. The summed E-state index contributed by atoms with van der Waals surface area (Å²) in [5.41, 5.74) is 4.04. The molecule has 0 bridgehead atoms. The van der Waals surface area contributed by atoms with E-state index in [1.165, 1.54) is 5.57 Å². The lowest BCUT2D eigenvalue weighted by Gasteiger charge is -2.36.